The van der Waals surface area contributed by atoms with Crippen molar-refractivity contribution in [3.8, 4) is 11.4 Å². The van der Waals surface area contributed by atoms with E-state index >= 15 is 0 Å². The van der Waals surface area contributed by atoms with Crippen molar-refractivity contribution in [1.82, 2.24) is 15.2 Å². The molecule has 0 aliphatic heterocycles. The van der Waals surface area contributed by atoms with Crippen LogP contribution in [0.25, 0.3) is 11.4 Å². The van der Waals surface area contributed by atoms with Gasteiger partial charge in [-0.05, 0) is 24.5 Å². The van der Waals surface area contributed by atoms with Gasteiger partial charge in [0.15, 0.2) is 5.82 Å². The second-order valence-corrected chi connectivity index (χ2v) is 6.50. The Morgan fingerprint density at radius 3 is 2.45 bits per heavy atom. The maximum absolute atomic E-state index is 4.60. The van der Waals surface area contributed by atoms with Crippen LogP contribution in [0, 0.1) is 0 Å². The van der Waals surface area contributed by atoms with Gasteiger partial charge < -0.3 is 0 Å². The number of nitrogens with zero attached hydrogens (tertiary/aromatic N) is 2. The van der Waals surface area contributed by atoms with Crippen molar-refractivity contribution in [2.45, 2.75) is 30.7 Å². The highest BCUT2D eigenvalue weighted by Gasteiger charge is 2.12. The van der Waals surface area contributed by atoms with E-state index in [2.05, 4.69) is 77.6 Å². The zero-order chi connectivity index (χ0) is 15.4. The molecule has 0 fully saturated rings. The quantitative estimate of drug-likeness (QED) is 0.682. The molecule has 112 valence electrons. The minimum Gasteiger partial charge on any atom is -0.258 e. The molecule has 0 saturated carbocycles. The molecule has 1 atom stereocenters. The molecule has 0 bridgehead atoms. The average Bonchev–Trinajstić information content (AvgIpc) is 3.04. The molecule has 0 aliphatic carbocycles. The second-order valence-electron chi connectivity index (χ2n) is 5.19. The van der Waals surface area contributed by atoms with Crippen LogP contribution in [0.5, 0.6) is 0 Å². The van der Waals surface area contributed by atoms with Gasteiger partial charge in [0.25, 0.3) is 0 Å². The Morgan fingerprint density at radius 2 is 1.77 bits per heavy atom. The van der Waals surface area contributed by atoms with E-state index in [0.717, 1.165) is 23.0 Å². The van der Waals surface area contributed by atoms with Gasteiger partial charge in [-0.2, -0.15) is 0 Å². The fourth-order valence-corrected chi connectivity index (χ4v) is 3.13. The summed E-state index contributed by atoms with van der Waals surface area (Å²) in [7, 11) is 0. The van der Waals surface area contributed by atoms with Gasteiger partial charge in [-0.15, -0.1) is 5.10 Å². The minimum atomic E-state index is 0.326. The lowest BCUT2D eigenvalue weighted by Gasteiger charge is -2.08. The van der Waals surface area contributed by atoms with Crippen LogP contribution >= 0.6 is 11.8 Å². The fourth-order valence-electron chi connectivity index (χ4n) is 2.28. The number of benzene rings is 2. The SMILES string of the molecule is CCc1ccc(-c2nc(S[C@@H](C)c3ccccc3)n[nH]2)cc1. The Morgan fingerprint density at radius 1 is 1.05 bits per heavy atom. The van der Waals surface area contributed by atoms with E-state index in [1.165, 1.54) is 11.1 Å². The van der Waals surface area contributed by atoms with Crippen molar-refractivity contribution < 1.29 is 0 Å². The third-order valence-corrected chi connectivity index (χ3v) is 4.67. The van der Waals surface area contributed by atoms with Crippen LogP contribution in [0.3, 0.4) is 0 Å². The van der Waals surface area contributed by atoms with Crippen LogP contribution in [0.2, 0.25) is 0 Å². The van der Waals surface area contributed by atoms with Crippen LogP contribution in [-0.4, -0.2) is 15.2 Å². The predicted molar refractivity (Wildman–Crippen MR) is 91.9 cm³/mol. The maximum Gasteiger partial charge on any atom is 0.209 e. The lowest BCUT2D eigenvalue weighted by Crippen LogP contribution is -1.88. The van der Waals surface area contributed by atoms with Crippen molar-refractivity contribution >= 4 is 11.8 Å². The van der Waals surface area contributed by atoms with Crippen molar-refractivity contribution in [3.63, 3.8) is 0 Å². The highest BCUT2D eigenvalue weighted by atomic mass is 32.2. The van der Waals surface area contributed by atoms with Crippen LogP contribution in [-0.2, 0) is 6.42 Å². The molecule has 0 radical (unpaired) electrons. The lowest BCUT2D eigenvalue weighted by molar-refractivity contribution is 0.960. The normalized spacial score (nSPS) is 12.3. The number of hydrogen-bond donors (Lipinski definition) is 1. The summed E-state index contributed by atoms with van der Waals surface area (Å²) in [6.45, 7) is 4.33. The summed E-state index contributed by atoms with van der Waals surface area (Å²) in [5.41, 5.74) is 3.69. The van der Waals surface area contributed by atoms with Gasteiger partial charge in [0, 0.05) is 10.8 Å². The molecule has 3 rings (SSSR count). The first-order valence-corrected chi connectivity index (χ1v) is 8.37. The summed E-state index contributed by atoms with van der Waals surface area (Å²) < 4.78 is 0. The monoisotopic (exact) mass is 309 g/mol. The molecule has 1 N–H and O–H groups in total. The number of nitrogens with one attached hydrogen (secondary N) is 1. The van der Waals surface area contributed by atoms with Gasteiger partial charge >= 0.3 is 0 Å². The topological polar surface area (TPSA) is 41.6 Å². The fraction of sp³-hybridized carbons (Fsp3) is 0.222. The Labute approximate surface area is 135 Å². The Kier molecular flexibility index (Phi) is 4.59. The highest BCUT2D eigenvalue weighted by Crippen LogP contribution is 2.33. The number of hydrogen-bond acceptors (Lipinski definition) is 3. The third kappa shape index (κ3) is 3.39. The summed E-state index contributed by atoms with van der Waals surface area (Å²) >= 11 is 1.67. The van der Waals surface area contributed by atoms with Gasteiger partial charge in [-0.1, -0.05) is 73.3 Å². The first kappa shape index (κ1) is 14.9. The van der Waals surface area contributed by atoms with Crippen LogP contribution in [0.15, 0.2) is 59.8 Å². The van der Waals surface area contributed by atoms with E-state index in [4.69, 9.17) is 0 Å². The zero-order valence-corrected chi connectivity index (χ0v) is 13.6. The number of thioether (sulfide) groups is 1. The van der Waals surface area contributed by atoms with Crippen molar-refractivity contribution in [2.75, 3.05) is 0 Å². The Balaban J connectivity index is 1.73. The van der Waals surface area contributed by atoms with Crippen molar-refractivity contribution in [1.29, 1.82) is 0 Å². The maximum atomic E-state index is 4.60. The van der Waals surface area contributed by atoms with Crippen LogP contribution < -0.4 is 0 Å². The smallest absolute Gasteiger partial charge is 0.209 e. The predicted octanol–water partition coefficient (Wildman–Crippen LogP) is 4.89. The number of aromatic amines is 1. The third-order valence-electron chi connectivity index (χ3n) is 3.65. The summed E-state index contributed by atoms with van der Waals surface area (Å²) in [6, 6.07) is 18.9. The summed E-state index contributed by atoms with van der Waals surface area (Å²) in [5, 5.41) is 8.47. The molecule has 0 amide bonds. The molecular weight excluding hydrogens is 290 g/mol. The van der Waals surface area contributed by atoms with Gasteiger partial charge in [0.05, 0.1) is 0 Å². The zero-order valence-electron chi connectivity index (χ0n) is 12.8. The molecule has 1 aromatic heterocycles. The molecule has 4 heteroatoms. The van der Waals surface area contributed by atoms with Gasteiger partial charge in [0.2, 0.25) is 5.16 Å². The largest absolute Gasteiger partial charge is 0.258 e. The molecule has 2 aromatic carbocycles. The number of rotatable bonds is 5. The van der Waals surface area contributed by atoms with Crippen LogP contribution in [0.4, 0.5) is 0 Å². The summed E-state index contributed by atoms with van der Waals surface area (Å²) in [4.78, 5) is 4.60. The van der Waals surface area contributed by atoms with Gasteiger partial charge in [-0.3, -0.25) is 5.10 Å². The molecule has 3 nitrogen and oxygen atoms in total. The van der Waals surface area contributed by atoms with Gasteiger partial charge in [-0.25, -0.2) is 4.98 Å². The first-order valence-electron chi connectivity index (χ1n) is 7.49. The number of aromatic nitrogens is 3. The number of H-pyrrole nitrogens is 1. The highest BCUT2D eigenvalue weighted by molar-refractivity contribution is 7.99. The second kappa shape index (κ2) is 6.79. The van der Waals surface area contributed by atoms with E-state index in [9.17, 15) is 0 Å². The van der Waals surface area contributed by atoms with Crippen molar-refractivity contribution in [2.24, 2.45) is 0 Å². The molecule has 1 heterocycles. The van der Waals surface area contributed by atoms with E-state index in [1.807, 2.05) is 6.07 Å². The average molecular weight is 309 g/mol. The van der Waals surface area contributed by atoms with E-state index in [-0.39, 0.29) is 0 Å². The number of aryl methyl sites for hydroxylation is 1. The molecular formula is C18H19N3S. The van der Waals surface area contributed by atoms with Crippen molar-refractivity contribution in [3.05, 3.63) is 65.7 Å². The lowest BCUT2D eigenvalue weighted by atomic mass is 10.1. The summed E-state index contributed by atoms with van der Waals surface area (Å²) in [5.74, 6) is 0.824. The Bertz CT molecular complexity index is 720. The van der Waals surface area contributed by atoms with E-state index in [0.29, 0.717) is 5.25 Å². The molecule has 3 aromatic rings. The van der Waals surface area contributed by atoms with E-state index in [1.54, 1.807) is 11.8 Å². The van der Waals surface area contributed by atoms with E-state index < -0.39 is 0 Å². The summed E-state index contributed by atoms with van der Waals surface area (Å²) in [6.07, 6.45) is 1.05. The molecule has 0 aliphatic rings. The Hall–Kier alpha value is -2.07. The molecule has 0 saturated heterocycles. The molecule has 22 heavy (non-hydrogen) atoms. The van der Waals surface area contributed by atoms with Gasteiger partial charge in [0.1, 0.15) is 0 Å². The van der Waals surface area contributed by atoms with Crippen LogP contribution in [0.1, 0.15) is 30.2 Å². The molecule has 0 unspecified atom stereocenters. The standard InChI is InChI=1S/C18H19N3S/c1-3-14-9-11-16(12-10-14)17-19-18(21-20-17)22-13(2)15-7-5-4-6-8-15/h4-13H,3H2,1-2H3,(H,19,20,21)/t13-/m0/s1. The molecule has 0 spiro atoms. The first-order chi connectivity index (χ1) is 10.8. The minimum absolute atomic E-state index is 0.326.